The Kier molecular flexibility index (Phi) is 3.69. The molecule has 3 heterocycles. The number of nitrogens with one attached hydrogen (secondary N) is 1. The molecule has 1 unspecified atom stereocenters. The van der Waals surface area contributed by atoms with Gasteiger partial charge in [0.2, 0.25) is 0 Å². The van der Waals surface area contributed by atoms with E-state index in [4.69, 9.17) is 0 Å². The zero-order valence-corrected chi connectivity index (χ0v) is 14.0. The fourth-order valence-corrected chi connectivity index (χ4v) is 4.16. The number of piperidine rings is 1. The molecule has 0 radical (unpaired) electrons. The summed E-state index contributed by atoms with van der Waals surface area (Å²) in [7, 11) is 0. The molecule has 1 N–H and O–H groups in total. The largest absolute Gasteiger partial charge is 0.358 e. The van der Waals surface area contributed by atoms with Crippen LogP contribution >= 0.6 is 11.3 Å². The highest BCUT2D eigenvalue weighted by Gasteiger charge is 2.26. The fourth-order valence-electron chi connectivity index (χ4n) is 3.47. The Hall–Kier alpha value is -2.07. The summed E-state index contributed by atoms with van der Waals surface area (Å²) < 4.78 is 0. The average molecular weight is 324 g/mol. The van der Waals surface area contributed by atoms with Gasteiger partial charge in [-0.05, 0) is 54.8 Å². The zero-order chi connectivity index (χ0) is 15.8. The lowest BCUT2D eigenvalue weighted by molar-refractivity contribution is 0.0711. The summed E-state index contributed by atoms with van der Waals surface area (Å²) in [6.07, 6.45) is 2.20. The fraction of sp³-hybridized carbons (Fsp3) is 0.316. The number of hydrogen-bond acceptors (Lipinski definition) is 2. The van der Waals surface area contributed by atoms with E-state index in [0.717, 1.165) is 30.8 Å². The summed E-state index contributed by atoms with van der Waals surface area (Å²) in [6, 6.07) is 12.6. The lowest BCUT2D eigenvalue weighted by Crippen LogP contribution is -2.38. The number of rotatable bonds is 2. The highest BCUT2D eigenvalue weighted by molar-refractivity contribution is 7.12. The van der Waals surface area contributed by atoms with Crippen molar-refractivity contribution in [3.63, 3.8) is 0 Å². The molecule has 3 aromatic rings. The summed E-state index contributed by atoms with van der Waals surface area (Å²) in [6.45, 7) is 3.79. The van der Waals surface area contributed by atoms with Crippen molar-refractivity contribution in [1.29, 1.82) is 0 Å². The normalized spacial score (nSPS) is 18.5. The van der Waals surface area contributed by atoms with Crippen molar-refractivity contribution >= 4 is 28.1 Å². The van der Waals surface area contributed by atoms with Crippen LogP contribution in [0.2, 0.25) is 0 Å². The third-order valence-electron chi connectivity index (χ3n) is 4.68. The van der Waals surface area contributed by atoms with Gasteiger partial charge in [0.05, 0.1) is 4.88 Å². The third kappa shape index (κ3) is 2.79. The molecule has 23 heavy (non-hydrogen) atoms. The maximum atomic E-state index is 12.6. The van der Waals surface area contributed by atoms with Crippen LogP contribution in [0.4, 0.5) is 0 Å². The molecule has 118 valence electrons. The van der Waals surface area contributed by atoms with Crippen LogP contribution in [-0.4, -0.2) is 28.9 Å². The molecule has 4 heteroatoms. The number of benzene rings is 1. The van der Waals surface area contributed by atoms with Gasteiger partial charge in [0.1, 0.15) is 0 Å². The Morgan fingerprint density at radius 1 is 1.30 bits per heavy atom. The average Bonchev–Trinajstić information content (AvgIpc) is 3.23. The van der Waals surface area contributed by atoms with E-state index in [9.17, 15) is 4.79 Å². The quantitative estimate of drug-likeness (QED) is 0.737. The molecule has 1 atom stereocenters. The lowest BCUT2D eigenvalue weighted by atomic mass is 9.94. The number of hydrogen-bond donors (Lipinski definition) is 1. The Bertz CT molecular complexity index is 834. The molecule has 2 aromatic heterocycles. The van der Waals surface area contributed by atoms with Crippen molar-refractivity contribution in [2.24, 2.45) is 0 Å². The SMILES string of the molecule is Cc1ccc2[nH]c(C3CCCN(C(=O)c4cccs4)C3)cc2c1. The summed E-state index contributed by atoms with van der Waals surface area (Å²) in [4.78, 5) is 19.0. The van der Waals surface area contributed by atoms with Crippen LogP contribution in [0.3, 0.4) is 0 Å². The predicted octanol–water partition coefficient (Wildman–Crippen LogP) is 4.56. The molecule has 1 fully saturated rings. The number of fused-ring (bicyclic) bond motifs is 1. The number of carbonyl (C=O) groups is 1. The molecule has 1 aromatic carbocycles. The second kappa shape index (κ2) is 5.85. The lowest BCUT2D eigenvalue weighted by Gasteiger charge is -2.32. The zero-order valence-electron chi connectivity index (χ0n) is 13.2. The number of aryl methyl sites for hydroxylation is 1. The molecule has 3 nitrogen and oxygen atoms in total. The van der Waals surface area contributed by atoms with E-state index >= 15 is 0 Å². The second-order valence-electron chi connectivity index (χ2n) is 6.38. The van der Waals surface area contributed by atoms with Gasteiger partial charge in [0.15, 0.2) is 0 Å². The molecule has 4 rings (SSSR count). The van der Waals surface area contributed by atoms with E-state index in [1.54, 1.807) is 0 Å². The van der Waals surface area contributed by atoms with E-state index < -0.39 is 0 Å². The molecule has 1 amide bonds. The molecular formula is C19H20N2OS. The molecule has 0 aliphatic carbocycles. The monoisotopic (exact) mass is 324 g/mol. The number of aromatic nitrogens is 1. The molecule has 0 bridgehead atoms. The predicted molar refractivity (Wildman–Crippen MR) is 95.2 cm³/mol. The Morgan fingerprint density at radius 3 is 3.04 bits per heavy atom. The van der Waals surface area contributed by atoms with Crippen LogP contribution in [0.1, 0.15) is 39.7 Å². The van der Waals surface area contributed by atoms with Gasteiger partial charge in [0, 0.05) is 30.2 Å². The van der Waals surface area contributed by atoms with E-state index in [1.807, 2.05) is 22.4 Å². The van der Waals surface area contributed by atoms with Crippen LogP contribution in [-0.2, 0) is 0 Å². The van der Waals surface area contributed by atoms with Gasteiger partial charge in [-0.2, -0.15) is 0 Å². The maximum absolute atomic E-state index is 12.6. The third-order valence-corrected chi connectivity index (χ3v) is 5.54. The highest BCUT2D eigenvalue weighted by Crippen LogP contribution is 2.30. The molecular weight excluding hydrogens is 304 g/mol. The minimum Gasteiger partial charge on any atom is -0.358 e. The summed E-state index contributed by atoms with van der Waals surface area (Å²) >= 11 is 1.53. The first kappa shape index (κ1) is 14.5. The standard InChI is InChI=1S/C19H20N2OS/c1-13-6-7-16-15(10-13)11-17(20-16)14-4-2-8-21(12-14)19(22)18-5-3-9-23-18/h3,5-7,9-11,14,20H,2,4,8,12H2,1H3. The summed E-state index contributed by atoms with van der Waals surface area (Å²) in [5.74, 6) is 0.581. The first-order chi connectivity index (χ1) is 11.2. The highest BCUT2D eigenvalue weighted by atomic mass is 32.1. The Balaban J connectivity index is 1.57. The van der Waals surface area contributed by atoms with E-state index in [-0.39, 0.29) is 5.91 Å². The van der Waals surface area contributed by atoms with Gasteiger partial charge in [-0.15, -0.1) is 11.3 Å². The van der Waals surface area contributed by atoms with Gasteiger partial charge in [-0.25, -0.2) is 0 Å². The first-order valence-corrected chi connectivity index (χ1v) is 9.01. The van der Waals surface area contributed by atoms with Crippen LogP contribution in [0, 0.1) is 6.92 Å². The molecule has 1 aliphatic heterocycles. The minimum absolute atomic E-state index is 0.177. The van der Waals surface area contributed by atoms with Crippen LogP contribution in [0.25, 0.3) is 10.9 Å². The first-order valence-electron chi connectivity index (χ1n) is 8.13. The number of aromatic amines is 1. The minimum atomic E-state index is 0.177. The van der Waals surface area contributed by atoms with Gasteiger partial charge < -0.3 is 9.88 Å². The van der Waals surface area contributed by atoms with Crippen molar-refractivity contribution in [1.82, 2.24) is 9.88 Å². The number of amides is 1. The van der Waals surface area contributed by atoms with Crippen molar-refractivity contribution in [2.75, 3.05) is 13.1 Å². The molecule has 1 aliphatic rings. The van der Waals surface area contributed by atoms with E-state index in [0.29, 0.717) is 5.92 Å². The van der Waals surface area contributed by atoms with E-state index in [1.165, 1.54) is 33.5 Å². The summed E-state index contributed by atoms with van der Waals surface area (Å²) in [5.41, 5.74) is 3.72. The van der Waals surface area contributed by atoms with Crippen molar-refractivity contribution in [3.05, 3.63) is 57.9 Å². The number of carbonyl (C=O) groups excluding carboxylic acids is 1. The second-order valence-corrected chi connectivity index (χ2v) is 7.33. The van der Waals surface area contributed by atoms with Gasteiger partial charge in [-0.1, -0.05) is 17.7 Å². The van der Waals surface area contributed by atoms with E-state index in [2.05, 4.69) is 36.2 Å². The number of H-pyrrole nitrogens is 1. The maximum Gasteiger partial charge on any atom is 0.263 e. The summed E-state index contributed by atoms with van der Waals surface area (Å²) in [5, 5.41) is 3.23. The smallest absolute Gasteiger partial charge is 0.263 e. The van der Waals surface area contributed by atoms with Crippen molar-refractivity contribution < 1.29 is 4.79 Å². The number of thiophene rings is 1. The molecule has 0 spiro atoms. The topological polar surface area (TPSA) is 36.1 Å². The Labute approximate surface area is 139 Å². The van der Waals surface area contributed by atoms with Crippen molar-refractivity contribution in [3.8, 4) is 0 Å². The number of likely N-dealkylation sites (tertiary alicyclic amines) is 1. The Morgan fingerprint density at radius 2 is 2.22 bits per heavy atom. The van der Waals surface area contributed by atoms with Gasteiger partial charge >= 0.3 is 0 Å². The number of nitrogens with zero attached hydrogens (tertiary/aromatic N) is 1. The van der Waals surface area contributed by atoms with Crippen molar-refractivity contribution in [2.45, 2.75) is 25.7 Å². The van der Waals surface area contributed by atoms with Gasteiger partial charge in [-0.3, -0.25) is 4.79 Å². The van der Waals surface area contributed by atoms with Crippen LogP contribution < -0.4 is 0 Å². The molecule has 1 saturated heterocycles. The van der Waals surface area contributed by atoms with Crippen LogP contribution in [0.5, 0.6) is 0 Å². The molecule has 0 saturated carbocycles. The van der Waals surface area contributed by atoms with Crippen LogP contribution in [0.15, 0.2) is 41.8 Å². The van der Waals surface area contributed by atoms with Gasteiger partial charge in [0.25, 0.3) is 5.91 Å².